The van der Waals surface area contributed by atoms with Crippen molar-refractivity contribution in [1.29, 1.82) is 0 Å². The fraction of sp³-hybridized carbons (Fsp3) is 0.400. The molecule has 1 rings (SSSR count). The van der Waals surface area contributed by atoms with Crippen molar-refractivity contribution >= 4 is 21.4 Å². The summed E-state index contributed by atoms with van der Waals surface area (Å²) < 4.78 is 47.2. The third-order valence-corrected chi connectivity index (χ3v) is 3.17. The first-order chi connectivity index (χ1) is 6.02. The van der Waals surface area contributed by atoms with E-state index in [2.05, 4.69) is 4.98 Å². The van der Waals surface area contributed by atoms with E-state index in [9.17, 15) is 17.2 Å². The molecule has 0 saturated heterocycles. The van der Waals surface area contributed by atoms with Crippen LogP contribution in [0.2, 0.25) is 0 Å². The van der Waals surface area contributed by atoms with Crippen LogP contribution in [0.5, 0.6) is 0 Å². The van der Waals surface area contributed by atoms with Gasteiger partial charge in [0.1, 0.15) is 0 Å². The van der Waals surface area contributed by atoms with Crippen LogP contribution >= 0.6 is 11.3 Å². The maximum atomic E-state index is 11.7. The number of rotatable bonds is 4. The lowest BCUT2D eigenvalue weighted by Crippen LogP contribution is -2.28. The molecule has 0 radical (unpaired) electrons. The van der Waals surface area contributed by atoms with Crippen LogP contribution in [-0.4, -0.2) is 26.4 Å². The van der Waals surface area contributed by atoms with E-state index in [1.54, 1.807) is 4.72 Å². The molecule has 0 spiro atoms. The number of nitrogens with zero attached hydrogens (tertiary/aromatic N) is 1. The van der Waals surface area contributed by atoms with Crippen LogP contribution in [0.15, 0.2) is 15.9 Å². The van der Waals surface area contributed by atoms with Gasteiger partial charge in [-0.05, 0) is 0 Å². The van der Waals surface area contributed by atoms with E-state index in [0.29, 0.717) is 0 Å². The van der Waals surface area contributed by atoms with Crippen LogP contribution in [0.4, 0.5) is 8.78 Å². The molecular formula is C5H6F2N2O2S2. The van der Waals surface area contributed by atoms with Gasteiger partial charge in [-0.2, -0.15) is 0 Å². The first-order valence-corrected chi connectivity index (χ1v) is 5.61. The lowest BCUT2D eigenvalue weighted by Gasteiger charge is -2.01. The molecule has 0 aromatic carbocycles. The first kappa shape index (κ1) is 10.5. The highest BCUT2D eigenvalue weighted by molar-refractivity contribution is 7.89. The van der Waals surface area contributed by atoms with Crippen LogP contribution in [0, 0.1) is 0 Å². The van der Waals surface area contributed by atoms with Crippen molar-refractivity contribution in [3.63, 3.8) is 0 Å². The van der Waals surface area contributed by atoms with E-state index >= 15 is 0 Å². The Bertz CT molecular complexity index is 349. The van der Waals surface area contributed by atoms with Crippen LogP contribution in [0.1, 0.15) is 0 Å². The summed E-state index contributed by atoms with van der Waals surface area (Å²) in [5.41, 5.74) is 1.32. The Morgan fingerprint density at radius 1 is 1.62 bits per heavy atom. The number of hydrogen-bond acceptors (Lipinski definition) is 4. The summed E-state index contributed by atoms with van der Waals surface area (Å²) in [6.07, 6.45) is -2.70. The number of halogens is 2. The summed E-state index contributed by atoms with van der Waals surface area (Å²) in [6.45, 7) is -0.889. The molecule has 1 aromatic rings. The van der Waals surface area contributed by atoms with Crippen LogP contribution in [-0.2, 0) is 10.0 Å². The molecule has 74 valence electrons. The summed E-state index contributed by atoms with van der Waals surface area (Å²) >= 11 is 1.08. The number of hydrogen-bond donors (Lipinski definition) is 1. The van der Waals surface area contributed by atoms with Crippen molar-refractivity contribution < 1.29 is 17.2 Å². The normalized spacial score (nSPS) is 12.2. The van der Waals surface area contributed by atoms with E-state index < -0.39 is 23.0 Å². The SMILES string of the molecule is O=S(=O)(NCC(F)F)c1cscn1. The summed E-state index contributed by atoms with van der Waals surface area (Å²) in [4.78, 5) is 3.49. The molecule has 1 aromatic heterocycles. The van der Waals surface area contributed by atoms with Crippen molar-refractivity contribution in [2.24, 2.45) is 0 Å². The number of nitrogens with one attached hydrogen (secondary N) is 1. The van der Waals surface area contributed by atoms with Crippen molar-refractivity contribution in [3.05, 3.63) is 10.9 Å². The Morgan fingerprint density at radius 3 is 2.77 bits per heavy atom. The minimum absolute atomic E-state index is 0.224. The number of alkyl halides is 2. The molecule has 8 heteroatoms. The number of sulfonamides is 1. The Morgan fingerprint density at radius 2 is 2.31 bits per heavy atom. The molecular weight excluding hydrogens is 222 g/mol. The maximum Gasteiger partial charge on any atom is 0.259 e. The maximum absolute atomic E-state index is 11.7. The molecule has 0 unspecified atom stereocenters. The van der Waals surface area contributed by atoms with Crippen molar-refractivity contribution in [1.82, 2.24) is 9.71 Å². The molecule has 4 nitrogen and oxygen atoms in total. The molecule has 0 fully saturated rings. The van der Waals surface area contributed by atoms with Crippen LogP contribution in [0.25, 0.3) is 0 Å². The zero-order chi connectivity index (χ0) is 9.90. The molecule has 0 aliphatic carbocycles. The van der Waals surface area contributed by atoms with E-state index in [4.69, 9.17) is 0 Å². The second-order valence-electron chi connectivity index (χ2n) is 2.07. The highest BCUT2D eigenvalue weighted by atomic mass is 32.2. The molecule has 0 bridgehead atoms. The molecule has 13 heavy (non-hydrogen) atoms. The third kappa shape index (κ3) is 2.98. The summed E-state index contributed by atoms with van der Waals surface area (Å²) in [7, 11) is -3.84. The van der Waals surface area contributed by atoms with E-state index in [0.717, 1.165) is 11.3 Å². The van der Waals surface area contributed by atoms with Gasteiger partial charge < -0.3 is 0 Å². The monoisotopic (exact) mass is 228 g/mol. The van der Waals surface area contributed by atoms with Gasteiger partial charge in [-0.3, -0.25) is 0 Å². The second-order valence-corrected chi connectivity index (χ2v) is 4.50. The number of aromatic nitrogens is 1. The quantitative estimate of drug-likeness (QED) is 0.824. The summed E-state index contributed by atoms with van der Waals surface area (Å²) in [5.74, 6) is 0. The third-order valence-electron chi connectivity index (χ3n) is 1.11. The van der Waals surface area contributed by atoms with Gasteiger partial charge in [-0.15, -0.1) is 11.3 Å². The zero-order valence-corrected chi connectivity index (χ0v) is 7.91. The predicted octanol–water partition coefficient (Wildman–Crippen LogP) is 0.687. The Kier molecular flexibility index (Phi) is 3.28. The lowest BCUT2D eigenvalue weighted by molar-refractivity contribution is 0.153. The highest BCUT2D eigenvalue weighted by Gasteiger charge is 2.17. The number of thiazole rings is 1. The zero-order valence-electron chi connectivity index (χ0n) is 6.28. The average molecular weight is 228 g/mol. The first-order valence-electron chi connectivity index (χ1n) is 3.18. The highest BCUT2D eigenvalue weighted by Crippen LogP contribution is 2.08. The average Bonchev–Trinajstić information content (AvgIpc) is 2.53. The Balaban J connectivity index is 2.68. The smallest absolute Gasteiger partial charge is 0.232 e. The molecule has 0 aliphatic rings. The molecule has 0 amide bonds. The van der Waals surface area contributed by atoms with Gasteiger partial charge >= 0.3 is 0 Å². The topological polar surface area (TPSA) is 59.1 Å². The van der Waals surface area contributed by atoms with E-state index in [-0.39, 0.29) is 5.03 Å². The van der Waals surface area contributed by atoms with Crippen molar-refractivity contribution in [2.45, 2.75) is 11.5 Å². The van der Waals surface area contributed by atoms with Gasteiger partial charge in [0.05, 0.1) is 12.1 Å². The minimum Gasteiger partial charge on any atom is -0.232 e. The van der Waals surface area contributed by atoms with Gasteiger partial charge in [0.15, 0.2) is 5.03 Å². The van der Waals surface area contributed by atoms with E-state index in [1.165, 1.54) is 10.9 Å². The van der Waals surface area contributed by atoms with Gasteiger partial charge in [0.2, 0.25) is 0 Å². The van der Waals surface area contributed by atoms with Crippen LogP contribution in [0.3, 0.4) is 0 Å². The standard InChI is InChI=1S/C5H6F2N2O2S2/c6-4(7)1-9-13(10,11)5-2-12-3-8-5/h2-4,9H,1H2. The molecule has 1 heterocycles. The molecule has 0 atom stereocenters. The largest absolute Gasteiger partial charge is 0.259 e. The molecule has 0 saturated carbocycles. The predicted molar refractivity (Wildman–Crippen MR) is 43.3 cm³/mol. The van der Waals surface area contributed by atoms with Gasteiger partial charge in [0.25, 0.3) is 16.4 Å². The fourth-order valence-electron chi connectivity index (χ4n) is 0.581. The second kappa shape index (κ2) is 4.07. The summed E-state index contributed by atoms with van der Waals surface area (Å²) in [5, 5.41) is 1.05. The van der Waals surface area contributed by atoms with Crippen molar-refractivity contribution in [2.75, 3.05) is 6.54 Å². The van der Waals surface area contributed by atoms with Crippen molar-refractivity contribution in [3.8, 4) is 0 Å². The lowest BCUT2D eigenvalue weighted by atomic mass is 10.7. The summed E-state index contributed by atoms with van der Waals surface area (Å²) in [6, 6.07) is 0. The Labute approximate surface area is 77.7 Å². The van der Waals surface area contributed by atoms with Gasteiger partial charge in [-0.1, -0.05) is 0 Å². The van der Waals surface area contributed by atoms with Gasteiger partial charge in [-0.25, -0.2) is 26.9 Å². The molecule has 0 aliphatic heterocycles. The fourth-order valence-corrected chi connectivity index (χ4v) is 2.42. The molecule has 1 N–H and O–H groups in total. The minimum atomic E-state index is -3.84. The van der Waals surface area contributed by atoms with E-state index in [1.807, 2.05) is 0 Å². The Hall–Kier alpha value is -0.600. The van der Waals surface area contributed by atoms with Gasteiger partial charge in [0, 0.05) is 5.38 Å². The van der Waals surface area contributed by atoms with Crippen LogP contribution < -0.4 is 4.72 Å².